The summed E-state index contributed by atoms with van der Waals surface area (Å²) in [5, 5.41) is 15.1. The molecule has 0 atom stereocenters. The number of hydrogen-bond donors (Lipinski definition) is 2. The van der Waals surface area contributed by atoms with Crippen molar-refractivity contribution in [2.75, 3.05) is 11.9 Å². The van der Waals surface area contributed by atoms with Crippen LogP contribution in [0.4, 0.5) is 11.7 Å². The first-order valence-electron chi connectivity index (χ1n) is 6.30. The van der Waals surface area contributed by atoms with Gasteiger partial charge in [0.15, 0.2) is 0 Å². The lowest BCUT2D eigenvalue weighted by atomic mass is 10.2. The number of nitrogens with zero attached hydrogens (tertiary/aromatic N) is 2. The van der Waals surface area contributed by atoms with E-state index in [2.05, 4.69) is 34.7 Å². The third-order valence-corrected chi connectivity index (χ3v) is 3.02. The normalized spacial score (nSPS) is 11.1. The van der Waals surface area contributed by atoms with Crippen LogP contribution in [0.1, 0.15) is 19.7 Å². The second-order valence-electron chi connectivity index (χ2n) is 4.77. The van der Waals surface area contributed by atoms with Crippen LogP contribution in [0.15, 0.2) is 22.6 Å². The van der Waals surface area contributed by atoms with Gasteiger partial charge in [-0.25, -0.2) is 0 Å². The van der Waals surface area contributed by atoms with Crippen LogP contribution in [-0.2, 0) is 6.54 Å². The minimum absolute atomic E-state index is 0.301. The van der Waals surface area contributed by atoms with E-state index in [0.717, 1.165) is 6.54 Å². The molecule has 0 aliphatic heterocycles. The van der Waals surface area contributed by atoms with Crippen molar-refractivity contribution >= 4 is 34.9 Å². The van der Waals surface area contributed by atoms with E-state index in [-0.39, 0.29) is 0 Å². The van der Waals surface area contributed by atoms with Crippen LogP contribution in [0.5, 0.6) is 0 Å². The van der Waals surface area contributed by atoms with Crippen molar-refractivity contribution < 1.29 is 4.42 Å². The number of anilines is 2. The molecule has 0 aliphatic carbocycles. The van der Waals surface area contributed by atoms with E-state index < -0.39 is 0 Å². The molecular weight excluding hydrogens is 299 g/mol. The molecule has 0 amide bonds. The van der Waals surface area contributed by atoms with Gasteiger partial charge in [0.05, 0.1) is 17.3 Å². The number of aromatic nitrogens is 2. The minimum atomic E-state index is 0.301. The van der Waals surface area contributed by atoms with Gasteiger partial charge in [0.25, 0.3) is 0 Å². The first-order valence-corrected chi connectivity index (χ1v) is 7.05. The maximum atomic E-state index is 6.06. The fourth-order valence-corrected chi connectivity index (χ4v) is 2.01. The van der Waals surface area contributed by atoms with E-state index >= 15 is 0 Å². The molecule has 20 heavy (non-hydrogen) atoms. The SMILES string of the molecule is CC(C)CNCc1nnc(Nc2ccc(Cl)cc2Cl)o1. The van der Waals surface area contributed by atoms with Gasteiger partial charge < -0.3 is 15.1 Å². The highest BCUT2D eigenvalue weighted by atomic mass is 35.5. The second-order valence-corrected chi connectivity index (χ2v) is 5.62. The van der Waals surface area contributed by atoms with Gasteiger partial charge in [-0.1, -0.05) is 42.1 Å². The molecule has 0 bridgehead atoms. The molecule has 1 aromatic heterocycles. The Balaban J connectivity index is 1.95. The Labute approximate surface area is 127 Å². The molecule has 108 valence electrons. The lowest BCUT2D eigenvalue weighted by Gasteiger charge is -2.04. The summed E-state index contributed by atoms with van der Waals surface area (Å²) in [4.78, 5) is 0. The van der Waals surface area contributed by atoms with Crippen LogP contribution in [0, 0.1) is 5.92 Å². The third-order valence-electron chi connectivity index (χ3n) is 2.47. The molecule has 1 aromatic carbocycles. The lowest BCUT2D eigenvalue weighted by Crippen LogP contribution is -2.19. The average Bonchev–Trinajstić information content (AvgIpc) is 2.80. The molecule has 0 spiro atoms. The molecule has 2 aromatic rings. The van der Waals surface area contributed by atoms with E-state index in [1.807, 2.05) is 0 Å². The van der Waals surface area contributed by atoms with Crippen LogP contribution < -0.4 is 10.6 Å². The summed E-state index contributed by atoms with van der Waals surface area (Å²) < 4.78 is 5.47. The van der Waals surface area contributed by atoms with Gasteiger partial charge in [-0.05, 0) is 30.7 Å². The number of benzene rings is 1. The summed E-state index contributed by atoms with van der Waals surface area (Å²) in [6.45, 7) is 5.71. The van der Waals surface area contributed by atoms with Crippen molar-refractivity contribution in [1.29, 1.82) is 0 Å². The Morgan fingerprint density at radius 1 is 1.25 bits per heavy atom. The van der Waals surface area contributed by atoms with Crippen molar-refractivity contribution in [2.24, 2.45) is 5.92 Å². The molecule has 0 saturated heterocycles. The molecule has 1 heterocycles. The van der Waals surface area contributed by atoms with Gasteiger partial charge in [0.1, 0.15) is 0 Å². The van der Waals surface area contributed by atoms with Gasteiger partial charge >= 0.3 is 6.01 Å². The standard InChI is InChI=1S/C13H16Cl2N4O/c1-8(2)6-16-7-12-18-19-13(20-12)17-11-4-3-9(14)5-10(11)15/h3-5,8,16H,6-7H2,1-2H3,(H,17,19). The molecule has 0 unspecified atom stereocenters. The van der Waals surface area contributed by atoms with E-state index in [1.165, 1.54) is 0 Å². The fourth-order valence-electron chi connectivity index (χ4n) is 1.55. The van der Waals surface area contributed by atoms with Gasteiger partial charge in [0, 0.05) is 5.02 Å². The zero-order valence-corrected chi connectivity index (χ0v) is 12.8. The maximum absolute atomic E-state index is 6.06. The smallest absolute Gasteiger partial charge is 0.320 e. The summed E-state index contributed by atoms with van der Waals surface area (Å²) in [5.41, 5.74) is 0.668. The summed E-state index contributed by atoms with van der Waals surface area (Å²) in [7, 11) is 0. The van der Waals surface area contributed by atoms with Crippen LogP contribution in [-0.4, -0.2) is 16.7 Å². The molecule has 7 heteroatoms. The van der Waals surface area contributed by atoms with Crippen LogP contribution in [0.25, 0.3) is 0 Å². The molecule has 0 saturated carbocycles. The van der Waals surface area contributed by atoms with E-state index in [0.29, 0.717) is 40.1 Å². The number of halogens is 2. The van der Waals surface area contributed by atoms with E-state index in [1.54, 1.807) is 18.2 Å². The monoisotopic (exact) mass is 314 g/mol. The zero-order chi connectivity index (χ0) is 14.5. The largest absolute Gasteiger partial charge is 0.406 e. The molecule has 2 N–H and O–H groups in total. The van der Waals surface area contributed by atoms with Crippen molar-refractivity contribution in [3.05, 3.63) is 34.1 Å². The summed E-state index contributed by atoms with van der Waals surface area (Å²) in [6.07, 6.45) is 0. The van der Waals surface area contributed by atoms with Crippen molar-refractivity contribution in [2.45, 2.75) is 20.4 Å². The Morgan fingerprint density at radius 2 is 2.05 bits per heavy atom. The van der Waals surface area contributed by atoms with Crippen LogP contribution >= 0.6 is 23.2 Å². The highest BCUT2D eigenvalue weighted by molar-refractivity contribution is 6.36. The molecule has 0 radical (unpaired) electrons. The topological polar surface area (TPSA) is 63.0 Å². The highest BCUT2D eigenvalue weighted by Gasteiger charge is 2.08. The Morgan fingerprint density at radius 3 is 2.75 bits per heavy atom. The fraction of sp³-hybridized carbons (Fsp3) is 0.385. The summed E-state index contributed by atoms with van der Waals surface area (Å²) in [5.74, 6) is 1.10. The molecule has 5 nitrogen and oxygen atoms in total. The highest BCUT2D eigenvalue weighted by Crippen LogP contribution is 2.27. The predicted octanol–water partition coefficient (Wildman–Crippen LogP) is 3.87. The van der Waals surface area contributed by atoms with E-state index in [9.17, 15) is 0 Å². The first-order chi connectivity index (χ1) is 9.54. The Bertz CT molecular complexity index is 571. The number of rotatable bonds is 6. The maximum Gasteiger partial charge on any atom is 0.320 e. The van der Waals surface area contributed by atoms with Crippen molar-refractivity contribution in [3.8, 4) is 0 Å². The van der Waals surface area contributed by atoms with Gasteiger partial charge in [-0.3, -0.25) is 0 Å². The minimum Gasteiger partial charge on any atom is -0.406 e. The summed E-state index contributed by atoms with van der Waals surface area (Å²) in [6, 6.07) is 5.44. The van der Waals surface area contributed by atoms with E-state index in [4.69, 9.17) is 27.6 Å². The number of nitrogens with one attached hydrogen (secondary N) is 2. The van der Waals surface area contributed by atoms with Gasteiger partial charge in [0.2, 0.25) is 5.89 Å². The van der Waals surface area contributed by atoms with Crippen LogP contribution in [0.2, 0.25) is 10.0 Å². The Kier molecular flexibility index (Phi) is 5.23. The summed E-state index contributed by atoms with van der Waals surface area (Å²) >= 11 is 11.9. The Hall–Kier alpha value is -1.30. The molecule has 2 rings (SSSR count). The second kappa shape index (κ2) is 6.92. The lowest BCUT2D eigenvalue weighted by molar-refractivity contribution is 0.460. The van der Waals surface area contributed by atoms with Gasteiger partial charge in [-0.15, -0.1) is 5.10 Å². The third kappa shape index (κ3) is 4.37. The molecular formula is C13H16Cl2N4O. The van der Waals surface area contributed by atoms with Gasteiger partial charge in [-0.2, -0.15) is 0 Å². The first kappa shape index (κ1) is 15.1. The number of hydrogen-bond acceptors (Lipinski definition) is 5. The quantitative estimate of drug-likeness (QED) is 0.847. The average molecular weight is 315 g/mol. The molecule has 0 aliphatic rings. The van der Waals surface area contributed by atoms with Crippen molar-refractivity contribution in [3.63, 3.8) is 0 Å². The van der Waals surface area contributed by atoms with Crippen molar-refractivity contribution in [1.82, 2.24) is 15.5 Å². The molecule has 0 fully saturated rings. The zero-order valence-electron chi connectivity index (χ0n) is 11.3. The van der Waals surface area contributed by atoms with Crippen LogP contribution in [0.3, 0.4) is 0 Å². The predicted molar refractivity (Wildman–Crippen MR) is 80.6 cm³/mol.